The lowest BCUT2D eigenvalue weighted by atomic mass is 9.96. The molecule has 0 aliphatic heterocycles. The lowest BCUT2D eigenvalue weighted by Crippen LogP contribution is -2.11. The van der Waals surface area contributed by atoms with Crippen molar-refractivity contribution in [2.45, 2.75) is 39.2 Å². The SMILES string of the molecule is CC(C)c1cc(C(=O)O)c2c(c1)c(CCCN)cn2CCN. The topological polar surface area (TPSA) is 94.3 Å². The second kappa shape index (κ2) is 6.94. The van der Waals surface area contributed by atoms with E-state index in [1.165, 1.54) is 0 Å². The van der Waals surface area contributed by atoms with Crippen LogP contribution in [0.25, 0.3) is 10.9 Å². The summed E-state index contributed by atoms with van der Waals surface area (Å²) in [6.07, 6.45) is 3.77. The first-order valence-corrected chi connectivity index (χ1v) is 7.78. The van der Waals surface area contributed by atoms with Crippen LogP contribution in [0.15, 0.2) is 18.3 Å². The fraction of sp³-hybridized carbons (Fsp3) is 0.471. The molecule has 0 spiro atoms. The van der Waals surface area contributed by atoms with Gasteiger partial charge in [-0.15, -0.1) is 0 Å². The van der Waals surface area contributed by atoms with Gasteiger partial charge in [0.1, 0.15) is 0 Å². The van der Waals surface area contributed by atoms with Crippen LogP contribution in [0.3, 0.4) is 0 Å². The number of carboxylic acids is 1. The van der Waals surface area contributed by atoms with E-state index in [0.29, 0.717) is 25.2 Å². The molecule has 5 heteroatoms. The van der Waals surface area contributed by atoms with E-state index in [1.54, 1.807) is 6.07 Å². The summed E-state index contributed by atoms with van der Waals surface area (Å²) in [7, 11) is 0. The number of aromatic carboxylic acids is 1. The number of aryl methyl sites for hydroxylation is 1. The summed E-state index contributed by atoms with van der Waals surface area (Å²) in [5, 5.41) is 10.6. The van der Waals surface area contributed by atoms with Crippen molar-refractivity contribution in [1.82, 2.24) is 4.57 Å². The molecule has 0 saturated carbocycles. The van der Waals surface area contributed by atoms with Crippen molar-refractivity contribution >= 4 is 16.9 Å². The number of rotatable bonds is 7. The molecule has 1 heterocycles. The molecule has 2 aromatic rings. The molecular weight excluding hydrogens is 278 g/mol. The van der Waals surface area contributed by atoms with Gasteiger partial charge < -0.3 is 21.1 Å². The first-order valence-electron chi connectivity index (χ1n) is 7.78. The van der Waals surface area contributed by atoms with E-state index >= 15 is 0 Å². The average Bonchev–Trinajstić information content (AvgIpc) is 2.82. The Balaban J connectivity index is 2.72. The summed E-state index contributed by atoms with van der Waals surface area (Å²) in [5.74, 6) is -0.614. The monoisotopic (exact) mass is 303 g/mol. The summed E-state index contributed by atoms with van der Waals surface area (Å²) in [6, 6.07) is 3.90. The van der Waals surface area contributed by atoms with Gasteiger partial charge in [0.25, 0.3) is 0 Å². The molecule has 1 aromatic heterocycles. The molecule has 0 amide bonds. The third-order valence-electron chi connectivity index (χ3n) is 3.99. The van der Waals surface area contributed by atoms with Crippen LogP contribution in [0.2, 0.25) is 0 Å². The Morgan fingerprint density at radius 3 is 2.55 bits per heavy atom. The van der Waals surface area contributed by atoms with E-state index in [0.717, 1.165) is 34.9 Å². The molecule has 0 unspecified atom stereocenters. The number of carboxylic acid groups (broad SMARTS) is 1. The standard InChI is InChI=1S/C17H25N3O2/c1-11(2)13-8-14-12(4-3-5-18)10-20(7-6-19)16(14)15(9-13)17(21)22/h8-11H,3-7,18-19H2,1-2H3,(H,21,22). The molecule has 0 fully saturated rings. The number of fused-ring (bicyclic) bond motifs is 1. The summed E-state index contributed by atoms with van der Waals surface area (Å²) in [6.45, 7) is 5.86. The van der Waals surface area contributed by atoms with E-state index < -0.39 is 5.97 Å². The van der Waals surface area contributed by atoms with E-state index in [-0.39, 0.29) is 5.92 Å². The smallest absolute Gasteiger partial charge is 0.337 e. The van der Waals surface area contributed by atoms with Crippen LogP contribution in [0.1, 0.15) is 47.7 Å². The van der Waals surface area contributed by atoms with E-state index in [9.17, 15) is 9.90 Å². The zero-order valence-electron chi connectivity index (χ0n) is 13.3. The van der Waals surface area contributed by atoms with E-state index in [4.69, 9.17) is 11.5 Å². The highest BCUT2D eigenvalue weighted by Gasteiger charge is 2.18. The highest BCUT2D eigenvalue weighted by atomic mass is 16.4. The zero-order chi connectivity index (χ0) is 16.3. The van der Waals surface area contributed by atoms with Crippen LogP contribution in [0.4, 0.5) is 0 Å². The molecule has 0 radical (unpaired) electrons. The van der Waals surface area contributed by atoms with Crippen molar-refractivity contribution in [2.24, 2.45) is 11.5 Å². The summed E-state index contributed by atoms with van der Waals surface area (Å²) in [5.41, 5.74) is 14.6. The van der Waals surface area contributed by atoms with Crippen LogP contribution in [-0.2, 0) is 13.0 Å². The number of aromatic nitrogens is 1. The first kappa shape index (κ1) is 16.5. The second-order valence-corrected chi connectivity index (χ2v) is 5.95. The summed E-state index contributed by atoms with van der Waals surface area (Å²) in [4.78, 5) is 11.7. The van der Waals surface area contributed by atoms with Gasteiger partial charge in [-0.1, -0.05) is 13.8 Å². The molecule has 5 N–H and O–H groups in total. The second-order valence-electron chi connectivity index (χ2n) is 5.95. The maximum atomic E-state index is 11.7. The predicted molar refractivity (Wildman–Crippen MR) is 89.4 cm³/mol. The quantitative estimate of drug-likeness (QED) is 0.731. The lowest BCUT2D eigenvalue weighted by molar-refractivity contribution is 0.0698. The number of nitrogens with zero attached hydrogens (tertiary/aromatic N) is 1. The van der Waals surface area contributed by atoms with Crippen molar-refractivity contribution in [2.75, 3.05) is 13.1 Å². The Labute approximate surface area is 130 Å². The number of hydrogen-bond acceptors (Lipinski definition) is 3. The number of hydrogen-bond donors (Lipinski definition) is 3. The Bertz CT molecular complexity index is 674. The molecule has 0 saturated heterocycles. The molecule has 120 valence electrons. The highest BCUT2D eigenvalue weighted by Crippen LogP contribution is 2.30. The van der Waals surface area contributed by atoms with Gasteiger partial charge in [-0.3, -0.25) is 0 Å². The van der Waals surface area contributed by atoms with E-state index in [2.05, 4.69) is 19.9 Å². The van der Waals surface area contributed by atoms with Gasteiger partial charge in [0, 0.05) is 24.7 Å². The minimum atomic E-state index is -0.894. The molecule has 1 aromatic carbocycles. The van der Waals surface area contributed by atoms with Gasteiger partial charge in [0.15, 0.2) is 0 Å². The zero-order valence-corrected chi connectivity index (χ0v) is 13.3. The van der Waals surface area contributed by atoms with Crippen LogP contribution in [0, 0.1) is 0 Å². The fourth-order valence-electron chi connectivity index (χ4n) is 2.84. The largest absolute Gasteiger partial charge is 0.478 e. The first-order chi connectivity index (χ1) is 10.5. The Kier molecular flexibility index (Phi) is 5.21. The molecule has 0 bridgehead atoms. The van der Waals surface area contributed by atoms with Gasteiger partial charge in [-0.05, 0) is 48.6 Å². The lowest BCUT2D eigenvalue weighted by Gasteiger charge is -2.11. The Morgan fingerprint density at radius 1 is 1.27 bits per heavy atom. The Morgan fingerprint density at radius 2 is 2.00 bits per heavy atom. The minimum Gasteiger partial charge on any atom is -0.478 e. The van der Waals surface area contributed by atoms with Crippen LogP contribution >= 0.6 is 0 Å². The summed E-state index contributed by atoms with van der Waals surface area (Å²) < 4.78 is 1.97. The van der Waals surface area contributed by atoms with Gasteiger partial charge in [-0.2, -0.15) is 0 Å². The van der Waals surface area contributed by atoms with Crippen LogP contribution in [0.5, 0.6) is 0 Å². The van der Waals surface area contributed by atoms with E-state index in [1.807, 2.05) is 10.8 Å². The minimum absolute atomic E-state index is 0.280. The van der Waals surface area contributed by atoms with Crippen LogP contribution < -0.4 is 11.5 Å². The van der Waals surface area contributed by atoms with Crippen molar-refractivity contribution < 1.29 is 9.90 Å². The molecule has 22 heavy (non-hydrogen) atoms. The van der Waals surface area contributed by atoms with Crippen molar-refractivity contribution in [3.63, 3.8) is 0 Å². The molecule has 0 aliphatic carbocycles. The van der Waals surface area contributed by atoms with Gasteiger partial charge in [0.05, 0.1) is 11.1 Å². The molecule has 0 atom stereocenters. The third kappa shape index (κ3) is 3.15. The average molecular weight is 303 g/mol. The number of benzene rings is 1. The van der Waals surface area contributed by atoms with Crippen LogP contribution in [-0.4, -0.2) is 28.7 Å². The molecule has 5 nitrogen and oxygen atoms in total. The maximum absolute atomic E-state index is 11.7. The van der Waals surface area contributed by atoms with Gasteiger partial charge in [-0.25, -0.2) is 4.79 Å². The third-order valence-corrected chi connectivity index (χ3v) is 3.99. The van der Waals surface area contributed by atoms with Crippen molar-refractivity contribution in [3.8, 4) is 0 Å². The van der Waals surface area contributed by atoms with Crippen molar-refractivity contribution in [3.05, 3.63) is 35.0 Å². The van der Waals surface area contributed by atoms with Crippen molar-refractivity contribution in [1.29, 1.82) is 0 Å². The number of nitrogens with two attached hydrogens (primary N) is 2. The predicted octanol–water partition coefficient (Wildman–Crippen LogP) is 2.31. The fourth-order valence-corrected chi connectivity index (χ4v) is 2.84. The normalized spacial score (nSPS) is 11.5. The molecule has 2 rings (SSSR count). The Hall–Kier alpha value is -1.85. The molecular formula is C17H25N3O2. The maximum Gasteiger partial charge on any atom is 0.337 e. The summed E-state index contributed by atoms with van der Waals surface area (Å²) >= 11 is 0. The highest BCUT2D eigenvalue weighted by molar-refractivity contribution is 6.04. The molecule has 0 aliphatic rings. The number of carbonyl (C=O) groups is 1. The van der Waals surface area contributed by atoms with Gasteiger partial charge >= 0.3 is 5.97 Å². The van der Waals surface area contributed by atoms with Gasteiger partial charge in [0.2, 0.25) is 0 Å².